The van der Waals surface area contributed by atoms with Crippen molar-refractivity contribution >= 4 is 29.0 Å². The second-order valence-electron chi connectivity index (χ2n) is 7.51. The highest BCUT2D eigenvalue weighted by Gasteiger charge is 2.33. The molecule has 2 rings (SSSR count). The topological polar surface area (TPSA) is 226 Å². The Balaban J connectivity index is 0.000000405. The predicted octanol–water partition coefficient (Wildman–Crippen LogP) is -0.888. The first-order valence-electron chi connectivity index (χ1n) is 11.0. The van der Waals surface area contributed by atoms with Gasteiger partial charge in [-0.1, -0.05) is 19.8 Å². The number of benzene rings is 1. The highest BCUT2D eigenvalue weighted by molar-refractivity contribution is 5.99. The second kappa shape index (κ2) is 15.6. The molecule has 0 saturated heterocycles. The van der Waals surface area contributed by atoms with E-state index in [4.69, 9.17) is 41.1 Å². The Morgan fingerprint density at radius 2 is 1.94 bits per heavy atom. The molecule has 0 bridgehead atoms. The lowest BCUT2D eigenvalue weighted by molar-refractivity contribution is -0.164. The normalized spacial score (nSPS) is 15.2. The third kappa shape index (κ3) is 9.88. The molecule has 0 fully saturated rings. The summed E-state index contributed by atoms with van der Waals surface area (Å²) in [4.78, 5) is 17.5. The van der Waals surface area contributed by atoms with Gasteiger partial charge in [0.2, 0.25) is 5.96 Å². The van der Waals surface area contributed by atoms with Crippen LogP contribution in [0, 0.1) is 0 Å². The summed E-state index contributed by atoms with van der Waals surface area (Å²) in [6.45, 7) is 2.04. The minimum Gasteiger partial charge on any atom is -0.497 e. The van der Waals surface area contributed by atoms with E-state index in [1.807, 2.05) is 24.4 Å². The predicted molar refractivity (Wildman–Crippen MR) is 130 cm³/mol. The molecule has 0 radical (unpaired) electrons. The van der Waals surface area contributed by atoms with Crippen LogP contribution in [0.3, 0.4) is 0 Å². The van der Waals surface area contributed by atoms with Crippen molar-refractivity contribution < 1.29 is 40.2 Å². The molecule has 10 N–H and O–H groups in total. The first-order chi connectivity index (χ1) is 16.7. The number of aromatic amines is 1. The van der Waals surface area contributed by atoms with E-state index in [2.05, 4.69) is 27.4 Å². The average molecular weight is 498 g/mol. The van der Waals surface area contributed by atoms with Crippen molar-refractivity contribution in [2.45, 2.75) is 50.6 Å². The summed E-state index contributed by atoms with van der Waals surface area (Å²) < 4.78 is 5.24. The number of aliphatic hydroxyl groups is 5. The Kier molecular flexibility index (Phi) is 13.3. The van der Waals surface area contributed by atoms with Crippen LogP contribution in [0.15, 0.2) is 34.5 Å². The molecular weight excluding hydrogens is 462 g/mol. The van der Waals surface area contributed by atoms with Crippen molar-refractivity contribution in [1.82, 2.24) is 10.4 Å². The number of carboxylic acid groups (broad SMARTS) is 1. The van der Waals surface area contributed by atoms with Crippen LogP contribution in [-0.2, 0) is 4.79 Å². The molecule has 0 amide bonds. The van der Waals surface area contributed by atoms with E-state index < -0.39 is 37.0 Å². The first kappa shape index (κ1) is 29.8. The zero-order valence-corrected chi connectivity index (χ0v) is 19.7. The zero-order valence-electron chi connectivity index (χ0n) is 19.7. The Hall–Kier alpha value is -3.23. The van der Waals surface area contributed by atoms with Crippen molar-refractivity contribution in [3.8, 4) is 5.75 Å². The van der Waals surface area contributed by atoms with Crippen LogP contribution in [0.1, 0.15) is 31.7 Å². The number of rotatable bonds is 12. The summed E-state index contributed by atoms with van der Waals surface area (Å²) in [6.07, 6.45) is -0.847. The summed E-state index contributed by atoms with van der Waals surface area (Å²) in [5, 5.41) is 57.0. The van der Waals surface area contributed by atoms with Gasteiger partial charge in [-0.2, -0.15) is 5.10 Å². The molecule has 2 aromatic rings. The molecule has 4 atom stereocenters. The van der Waals surface area contributed by atoms with Crippen molar-refractivity contribution in [3.63, 3.8) is 0 Å². The Labute approximate surface area is 202 Å². The number of guanidine groups is 1. The smallest absolute Gasteiger partial charge is 0.335 e. The Morgan fingerprint density at radius 3 is 2.54 bits per heavy atom. The number of nitrogens with one attached hydrogen (secondary N) is 2. The molecule has 0 aliphatic heterocycles. The lowest BCUT2D eigenvalue weighted by atomic mass is 10.0. The maximum atomic E-state index is 10.1. The maximum absolute atomic E-state index is 10.1. The average Bonchev–Trinajstić information content (AvgIpc) is 3.27. The van der Waals surface area contributed by atoms with Crippen LogP contribution in [0.4, 0.5) is 0 Å². The summed E-state index contributed by atoms with van der Waals surface area (Å²) in [6, 6.07) is 5.86. The number of H-pyrrole nitrogens is 1. The fraction of sp³-hybridized carbons (Fsp3) is 0.500. The third-order valence-electron chi connectivity index (χ3n) is 4.86. The van der Waals surface area contributed by atoms with Crippen LogP contribution >= 0.6 is 0 Å². The molecule has 0 saturated carbocycles. The number of methoxy groups -OCH3 is 1. The van der Waals surface area contributed by atoms with Crippen LogP contribution in [0.2, 0.25) is 0 Å². The summed E-state index contributed by atoms with van der Waals surface area (Å²) in [7, 11) is 1.65. The second-order valence-corrected chi connectivity index (χ2v) is 7.51. The van der Waals surface area contributed by atoms with Gasteiger partial charge >= 0.3 is 5.97 Å². The number of hydrazone groups is 1. The van der Waals surface area contributed by atoms with Crippen LogP contribution in [-0.4, -0.2) is 98.4 Å². The summed E-state index contributed by atoms with van der Waals surface area (Å²) in [5.74, 6) is -0.576. The standard InChI is InChI=1S/C16H23N5O.C6H12O7/c1-3-4-5-8-18-16(17)21-20-11-12-10-19-15-7-6-13(22-2)9-14(12)15;7-1-2(8)3(9)4(10)5(11)6(12)13/h6-7,9-11,19H,3-5,8H2,1-2H3,(H3,17,18,21);2-5,7-11H,1H2,(H,12,13)/b20-11-;/t;2-,3-,4+,5-/m.1/s1. The summed E-state index contributed by atoms with van der Waals surface area (Å²) in [5.41, 5.74) is 10.5. The van der Waals surface area contributed by atoms with Crippen LogP contribution in [0.5, 0.6) is 5.75 Å². The Bertz CT molecular complexity index is 964. The van der Waals surface area contributed by atoms with Gasteiger partial charge in [0.25, 0.3) is 0 Å². The maximum Gasteiger partial charge on any atom is 0.335 e. The number of nitrogens with two attached hydrogens (primary N) is 1. The SMILES string of the molecule is CCCCCN=C(N)N/N=C\c1c[nH]c2ccc(OC)cc12.O=C(O)[C@H](O)[C@@H](O)[C@H](O)[C@H](O)CO. The van der Waals surface area contributed by atoms with Crippen molar-refractivity contribution in [2.24, 2.45) is 15.8 Å². The first-order valence-corrected chi connectivity index (χ1v) is 11.0. The monoisotopic (exact) mass is 497 g/mol. The van der Waals surface area contributed by atoms with Gasteiger partial charge in [-0.25, -0.2) is 10.2 Å². The molecule has 0 spiro atoms. The van der Waals surface area contributed by atoms with Gasteiger partial charge in [-0.3, -0.25) is 4.99 Å². The fourth-order valence-corrected chi connectivity index (χ4v) is 2.79. The van der Waals surface area contributed by atoms with E-state index in [0.29, 0.717) is 5.96 Å². The van der Waals surface area contributed by atoms with Crippen LogP contribution < -0.4 is 15.9 Å². The van der Waals surface area contributed by atoms with E-state index >= 15 is 0 Å². The lowest BCUT2D eigenvalue weighted by Crippen LogP contribution is -2.48. The van der Waals surface area contributed by atoms with Gasteiger partial charge in [0, 0.05) is 29.2 Å². The minimum absolute atomic E-state index is 0.338. The van der Waals surface area contributed by atoms with Crippen molar-refractivity contribution in [2.75, 3.05) is 20.3 Å². The number of aromatic nitrogens is 1. The number of carbonyl (C=O) groups is 1. The van der Waals surface area contributed by atoms with Crippen LogP contribution in [0.25, 0.3) is 10.9 Å². The number of unbranched alkanes of at least 4 members (excludes halogenated alkanes) is 2. The molecule has 0 aliphatic carbocycles. The molecule has 13 nitrogen and oxygen atoms in total. The minimum atomic E-state index is -2.20. The molecule has 1 aromatic carbocycles. The molecule has 35 heavy (non-hydrogen) atoms. The molecular formula is C22H35N5O8. The molecule has 13 heteroatoms. The quantitative estimate of drug-likeness (QED) is 0.0760. The number of hydrogen-bond acceptors (Lipinski definition) is 9. The molecule has 0 unspecified atom stereocenters. The van der Waals surface area contributed by atoms with Crippen molar-refractivity contribution in [3.05, 3.63) is 30.0 Å². The van der Waals surface area contributed by atoms with E-state index in [9.17, 15) is 4.79 Å². The van der Waals surface area contributed by atoms with Gasteiger partial charge in [0.15, 0.2) is 6.10 Å². The number of fused-ring (bicyclic) bond motifs is 1. The van der Waals surface area contributed by atoms with E-state index in [-0.39, 0.29) is 0 Å². The van der Waals surface area contributed by atoms with Gasteiger partial charge in [0.1, 0.15) is 24.1 Å². The molecule has 1 heterocycles. The number of aliphatic imine (C=N–C) groups is 1. The highest BCUT2D eigenvalue weighted by atomic mass is 16.5. The largest absolute Gasteiger partial charge is 0.497 e. The van der Waals surface area contributed by atoms with Gasteiger partial charge < -0.3 is 46.1 Å². The van der Waals surface area contributed by atoms with Crippen molar-refractivity contribution in [1.29, 1.82) is 0 Å². The number of nitrogens with zero attached hydrogens (tertiary/aromatic N) is 2. The number of aliphatic hydroxyl groups excluding tert-OH is 5. The Morgan fingerprint density at radius 1 is 1.23 bits per heavy atom. The zero-order chi connectivity index (χ0) is 26.4. The fourth-order valence-electron chi connectivity index (χ4n) is 2.79. The van der Waals surface area contributed by atoms with E-state index in [1.54, 1.807) is 13.3 Å². The molecule has 1 aromatic heterocycles. The molecule has 0 aliphatic rings. The lowest BCUT2D eigenvalue weighted by Gasteiger charge is -2.23. The number of hydrogen-bond donors (Lipinski definition) is 9. The highest BCUT2D eigenvalue weighted by Crippen LogP contribution is 2.22. The van der Waals surface area contributed by atoms with E-state index in [1.165, 1.54) is 6.42 Å². The van der Waals surface area contributed by atoms with Gasteiger partial charge in [0.05, 0.1) is 19.9 Å². The number of aliphatic carboxylic acids is 1. The van der Waals surface area contributed by atoms with Gasteiger partial charge in [-0.05, 0) is 24.6 Å². The van der Waals surface area contributed by atoms with Gasteiger partial charge in [-0.15, -0.1) is 0 Å². The number of carboxylic acids is 1. The molecule has 196 valence electrons. The number of ether oxygens (including phenoxy) is 1. The third-order valence-corrected chi connectivity index (χ3v) is 4.86. The summed E-state index contributed by atoms with van der Waals surface area (Å²) >= 11 is 0. The van der Waals surface area contributed by atoms with E-state index in [0.717, 1.165) is 41.6 Å².